The van der Waals surface area contributed by atoms with Crippen molar-refractivity contribution in [3.8, 4) is 29.4 Å². The molecule has 42 heavy (non-hydrogen) atoms. The molecule has 0 aliphatic carbocycles. The van der Waals surface area contributed by atoms with Gasteiger partial charge >= 0.3 is 5.97 Å². The fraction of sp³-hybridized carbons (Fsp3) is 0.171. The van der Waals surface area contributed by atoms with Crippen molar-refractivity contribution < 1.29 is 24.5 Å². The maximum atomic E-state index is 12.5. The molecule has 4 rings (SSSR count). The minimum Gasteiger partial charge on any atom is -0.488 e. The van der Waals surface area contributed by atoms with Crippen LogP contribution in [0.2, 0.25) is 0 Å². The van der Waals surface area contributed by atoms with Crippen molar-refractivity contribution in [3.05, 3.63) is 124 Å². The molecule has 212 valence electrons. The SMILES string of the molecule is COC(=O)c1cc(C#Cc2ccc(SCCO)cc2)ccc1OCc1ccc(C#Cc2ccc(SCCO)cc2)cc1. The predicted octanol–water partition coefficient (Wildman–Crippen LogP) is 6.02. The van der Waals surface area contributed by atoms with Gasteiger partial charge in [-0.2, -0.15) is 0 Å². The number of carbonyl (C=O) groups excluding carboxylic acids is 1. The van der Waals surface area contributed by atoms with Gasteiger partial charge in [-0.05, 0) is 84.4 Å². The summed E-state index contributed by atoms with van der Waals surface area (Å²) in [5.41, 5.74) is 4.57. The molecule has 0 saturated heterocycles. The van der Waals surface area contributed by atoms with E-state index in [1.54, 1.807) is 35.7 Å². The molecule has 0 aliphatic heterocycles. The largest absolute Gasteiger partial charge is 0.488 e. The van der Waals surface area contributed by atoms with Gasteiger partial charge in [0.1, 0.15) is 17.9 Å². The van der Waals surface area contributed by atoms with Crippen molar-refractivity contribution in [1.29, 1.82) is 0 Å². The summed E-state index contributed by atoms with van der Waals surface area (Å²) >= 11 is 3.19. The Balaban J connectivity index is 1.39. The van der Waals surface area contributed by atoms with E-state index in [1.807, 2.05) is 78.9 Å². The molecule has 0 amide bonds. The van der Waals surface area contributed by atoms with Gasteiger partial charge < -0.3 is 19.7 Å². The molecule has 0 aliphatic rings. The second kappa shape index (κ2) is 16.4. The van der Waals surface area contributed by atoms with Crippen molar-refractivity contribution >= 4 is 29.5 Å². The highest BCUT2D eigenvalue weighted by Gasteiger charge is 2.14. The standard InChI is InChI=1S/C35H30O5S2/c1-39-35(38)33-24-29(7-4-28-12-17-32(18-13-28)42-23-21-37)14-19-34(33)40-25-30-8-5-26(6-9-30)2-3-27-10-15-31(16-11-27)41-22-20-36/h5-6,8-19,24,36-37H,20-23,25H2,1H3. The Hall–Kier alpha value is -4.11. The first-order chi connectivity index (χ1) is 20.6. The van der Waals surface area contributed by atoms with Gasteiger partial charge in [-0.25, -0.2) is 4.79 Å². The van der Waals surface area contributed by atoms with Crippen molar-refractivity contribution in [2.24, 2.45) is 0 Å². The highest BCUT2D eigenvalue weighted by molar-refractivity contribution is 7.99. The second-order valence-corrected chi connectivity index (χ2v) is 11.2. The van der Waals surface area contributed by atoms with Crippen molar-refractivity contribution in [1.82, 2.24) is 0 Å². The summed E-state index contributed by atoms with van der Waals surface area (Å²) in [4.78, 5) is 14.7. The molecule has 4 aromatic rings. The zero-order valence-electron chi connectivity index (χ0n) is 23.1. The van der Waals surface area contributed by atoms with Crippen LogP contribution in [0.5, 0.6) is 5.75 Å². The van der Waals surface area contributed by atoms with Crippen LogP contribution in [-0.2, 0) is 11.3 Å². The average Bonchev–Trinajstić information content (AvgIpc) is 3.04. The fourth-order valence-electron chi connectivity index (χ4n) is 3.73. The molecule has 2 N–H and O–H groups in total. The van der Waals surface area contributed by atoms with Gasteiger partial charge in [0.05, 0.1) is 20.3 Å². The molecule has 7 heteroatoms. The number of benzene rings is 4. The summed E-state index contributed by atoms with van der Waals surface area (Å²) in [6.45, 7) is 0.571. The number of aliphatic hydroxyl groups excluding tert-OH is 2. The molecule has 0 bridgehead atoms. The van der Waals surface area contributed by atoms with Crippen LogP contribution in [0.25, 0.3) is 0 Å². The normalized spacial score (nSPS) is 10.2. The van der Waals surface area contributed by atoms with Crippen LogP contribution in [0.1, 0.15) is 38.2 Å². The number of methoxy groups -OCH3 is 1. The van der Waals surface area contributed by atoms with Crippen LogP contribution in [-0.4, -0.2) is 48.0 Å². The Labute approximate surface area is 255 Å². The third-order valence-corrected chi connectivity index (χ3v) is 7.85. The van der Waals surface area contributed by atoms with Crippen LogP contribution in [0, 0.1) is 23.7 Å². The molecule has 0 radical (unpaired) electrons. The average molecular weight is 595 g/mol. The van der Waals surface area contributed by atoms with Gasteiger partial charge in [-0.3, -0.25) is 0 Å². The van der Waals surface area contributed by atoms with E-state index in [1.165, 1.54) is 7.11 Å². The van der Waals surface area contributed by atoms with Gasteiger partial charge in [0.15, 0.2) is 0 Å². The molecule has 0 saturated carbocycles. The maximum Gasteiger partial charge on any atom is 0.341 e. The summed E-state index contributed by atoms with van der Waals surface area (Å²) in [5, 5.41) is 17.9. The van der Waals surface area contributed by atoms with Crippen LogP contribution in [0.15, 0.2) is 101 Å². The summed E-state index contributed by atoms with van der Waals surface area (Å²) in [6, 6.07) is 28.8. The molecular weight excluding hydrogens is 565 g/mol. The number of thioether (sulfide) groups is 2. The second-order valence-electron chi connectivity index (χ2n) is 8.88. The first-order valence-corrected chi connectivity index (χ1v) is 15.2. The van der Waals surface area contributed by atoms with Gasteiger partial charge in [0.2, 0.25) is 0 Å². The Morgan fingerprint density at radius 2 is 1.12 bits per heavy atom. The lowest BCUT2D eigenvalue weighted by molar-refractivity contribution is 0.0595. The lowest BCUT2D eigenvalue weighted by atomic mass is 10.1. The molecular formula is C35H30O5S2. The van der Waals surface area contributed by atoms with Gasteiger partial charge in [0.25, 0.3) is 0 Å². The van der Waals surface area contributed by atoms with Crippen LogP contribution < -0.4 is 4.74 Å². The van der Waals surface area contributed by atoms with Crippen LogP contribution in [0.4, 0.5) is 0 Å². The maximum absolute atomic E-state index is 12.5. The van der Waals surface area contributed by atoms with Crippen molar-refractivity contribution in [3.63, 3.8) is 0 Å². The first kappa shape index (κ1) is 30.8. The van der Waals surface area contributed by atoms with Crippen molar-refractivity contribution in [2.75, 3.05) is 31.8 Å². The van der Waals surface area contributed by atoms with E-state index in [2.05, 4.69) is 23.7 Å². The van der Waals surface area contributed by atoms with Gasteiger partial charge in [-0.1, -0.05) is 35.8 Å². The lowest BCUT2D eigenvalue weighted by Gasteiger charge is -2.11. The van der Waals surface area contributed by atoms with Crippen molar-refractivity contribution in [2.45, 2.75) is 16.4 Å². The highest BCUT2D eigenvalue weighted by atomic mass is 32.2. The third-order valence-electron chi connectivity index (χ3n) is 5.86. The number of rotatable bonds is 10. The van der Waals surface area contributed by atoms with E-state index < -0.39 is 5.97 Å². The molecule has 0 unspecified atom stereocenters. The highest BCUT2D eigenvalue weighted by Crippen LogP contribution is 2.23. The molecule has 0 spiro atoms. The zero-order chi connectivity index (χ0) is 29.6. The fourth-order valence-corrected chi connectivity index (χ4v) is 5.04. The topological polar surface area (TPSA) is 76.0 Å². The summed E-state index contributed by atoms with van der Waals surface area (Å²) in [6.07, 6.45) is 0. The van der Waals surface area contributed by atoms with E-state index in [0.717, 1.165) is 32.0 Å². The molecule has 0 atom stereocenters. The number of hydrogen-bond acceptors (Lipinski definition) is 7. The van der Waals surface area contributed by atoms with Gasteiger partial charge in [-0.15, -0.1) is 23.5 Å². The summed E-state index contributed by atoms with van der Waals surface area (Å²) in [5.74, 6) is 13.8. The quantitative estimate of drug-likeness (QED) is 0.132. The third kappa shape index (κ3) is 9.48. The number of hydrogen-bond donors (Lipinski definition) is 2. The minimum absolute atomic E-state index is 0.139. The smallest absolute Gasteiger partial charge is 0.341 e. The predicted molar refractivity (Wildman–Crippen MR) is 169 cm³/mol. The summed E-state index contributed by atoms with van der Waals surface area (Å²) in [7, 11) is 1.34. The number of esters is 1. The Bertz CT molecular complexity index is 1590. The molecule has 0 aromatic heterocycles. The van der Waals surface area contributed by atoms with Crippen LogP contribution in [0.3, 0.4) is 0 Å². The molecule has 0 heterocycles. The molecule has 4 aromatic carbocycles. The summed E-state index contributed by atoms with van der Waals surface area (Å²) < 4.78 is 11.0. The number of carbonyl (C=O) groups is 1. The molecule has 5 nitrogen and oxygen atoms in total. The first-order valence-electron chi connectivity index (χ1n) is 13.2. The van der Waals surface area contributed by atoms with E-state index in [9.17, 15) is 4.79 Å². The van der Waals surface area contributed by atoms with Gasteiger partial charge in [0, 0.05) is 43.6 Å². The van der Waals surface area contributed by atoms with E-state index >= 15 is 0 Å². The Kier molecular flexibility index (Phi) is 12.0. The lowest BCUT2D eigenvalue weighted by Crippen LogP contribution is -2.06. The Morgan fingerprint density at radius 1 is 0.667 bits per heavy atom. The zero-order valence-corrected chi connectivity index (χ0v) is 24.8. The molecule has 0 fully saturated rings. The van der Waals surface area contributed by atoms with E-state index in [4.69, 9.17) is 19.7 Å². The number of ether oxygens (including phenoxy) is 2. The monoisotopic (exact) mass is 594 g/mol. The number of aliphatic hydroxyl groups is 2. The van der Waals surface area contributed by atoms with Crippen LogP contribution >= 0.6 is 23.5 Å². The Morgan fingerprint density at radius 3 is 1.60 bits per heavy atom. The minimum atomic E-state index is -0.496. The van der Waals surface area contributed by atoms with E-state index in [0.29, 0.717) is 28.4 Å². The van der Waals surface area contributed by atoms with E-state index in [-0.39, 0.29) is 19.8 Å².